The second kappa shape index (κ2) is 8.14. The number of rotatable bonds is 8. The Morgan fingerprint density at radius 3 is 3.00 bits per heavy atom. The van der Waals surface area contributed by atoms with Gasteiger partial charge < -0.3 is 10.5 Å². The lowest BCUT2D eigenvalue weighted by Gasteiger charge is -2.06. The van der Waals surface area contributed by atoms with Crippen molar-refractivity contribution in [1.82, 2.24) is 0 Å². The number of hydrogen-bond acceptors (Lipinski definition) is 4. The zero-order chi connectivity index (χ0) is 12.5. The number of benzene rings is 1. The Labute approximate surface area is 107 Å². The fourth-order valence-electron chi connectivity index (χ4n) is 1.38. The first-order valence-corrected chi connectivity index (χ1v) is 6.97. The van der Waals surface area contributed by atoms with Crippen LogP contribution in [0.2, 0.25) is 0 Å². The van der Waals surface area contributed by atoms with Gasteiger partial charge in [-0.1, -0.05) is 37.4 Å². The summed E-state index contributed by atoms with van der Waals surface area (Å²) in [4.78, 5) is 11.7. The number of ketones is 1. The predicted molar refractivity (Wildman–Crippen MR) is 75.4 cm³/mol. The van der Waals surface area contributed by atoms with Crippen LogP contribution in [0.3, 0.4) is 0 Å². The summed E-state index contributed by atoms with van der Waals surface area (Å²) in [5, 5.41) is 0. The van der Waals surface area contributed by atoms with Gasteiger partial charge in [0.2, 0.25) is 0 Å². The van der Waals surface area contributed by atoms with Crippen LogP contribution in [0.5, 0.6) is 0 Å². The lowest BCUT2D eigenvalue weighted by molar-refractivity contribution is 0.0985. The van der Waals surface area contributed by atoms with E-state index in [-0.39, 0.29) is 5.78 Å². The first-order valence-electron chi connectivity index (χ1n) is 5.99. The van der Waals surface area contributed by atoms with E-state index in [9.17, 15) is 4.79 Å². The summed E-state index contributed by atoms with van der Waals surface area (Å²) in [5.41, 5.74) is 7.09. The van der Waals surface area contributed by atoms with E-state index in [4.69, 9.17) is 5.73 Å². The minimum atomic E-state index is 0.106. The van der Waals surface area contributed by atoms with Crippen LogP contribution in [-0.2, 0) is 0 Å². The summed E-state index contributed by atoms with van der Waals surface area (Å²) < 4.78 is 3.25. The van der Waals surface area contributed by atoms with E-state index >= 15 is 0 Å². The first-order chi connectivity index (χ1) is 8.27. The highest BCUT2D eigenvalue weighted by molar-refractivity contribution is 8.00. The van der Waals surface area contributed by atoms with E-state index in [0.29, 0.717) is 13.0 Å². The van der Waals surface area contributed by atoms with Crippen LogP contribution < -0.4 is 10.5 Å². The molecule has 0 saturated carbocycles. The van der Waals surface area contributed by atoms with Gasteiger partial charge in [-0.2, -0.15) is 0 Å². The number of unbranched alkanes of at least 4 members (excludes halogenated alkanes) is 1. The zero-order valence-electron chi connectivity index (χ0n) is 10.2. The molecule has 0 bridgehead atoms. The maximum Gasteiger partial charge on any atom is 0.164 e. The minimum absolute atomic E-state index is 0.106. The molecule has 0 amide bonds. The highest BCUT2D eigenvalue weighted by Gasteiger charge is 2.04. The lowest BCUT2D eigenvalue weighted by Crippen LogP contribution is -2.08. The van der Waals surface area contributed by atoms with Crippen molar-refractivity contribution in [1.29, 1.82) is 0 Å². The summed E-state index contributed by atoms with van der Waals surface area (Å²) in [6, 6.07) is 7.58. The second-order valence-electron chi connectivity index (χ2n) is 3.85. The van der Waals surface area contributed by atoms with Gasteiger partial charge in [0.15, 0.2) is 5.78 Å². The van der Waals surface area contributed by atoms with Gasteiger partial charge in [0, 0.05) is 23.4 Å². The fourth-order valence-corrected chi connectivity index (χ4v) is 2.21. The highest BCUT2D eigenvalue weighted by atomic mass is 32.2. The lowest BCUT2D eigenvalue weighted by atomic mass is 10.1. The van der Waals surface area contributed by atoms with Crippen molar-refractivity contribution in [2.75, 3.05) is 17.0 Å². The monoisotopic (exact) mass is 252 g/mol. The van der Waals surface area contributed by atoms with Gasteiger partial charge in [-0.3, -0.25) is 4.79 Å². The summed E-state index contributed by atoms with van der Waals surface area (Å²) in [7, 11) is 0. The van der Waals surface area contributed by atoms with Crippen LogP contribution >= 0.6 is 11.9 Å². The number of anilines is 1. The van der Waals surface area contributed by atoms with Gasteiger partial charge in [-0.25, -0.2) is 0 Å². The Kier molecular flexibility index (Phi) is 6.74. The number of Topliss-reactive ketones (excluding diaryl/α,β-unsaturated/α-hetero) is 1. The molecule has 0 aliphatic rings. The Bertz CT molecular complexity index is 355. The Morgan fingerprint density at radius 2 is 2.29 bits per heavy atom. The van der Waals surface area contributed by atoms with Gasteiger partial charge in [-0.05, 0) is 25.1 Å². The van der Waals surface area contributed by atoms with E-state index in [1.807, 2.05) is 24.3 Å². The van der Waals surface area contributed by atoms with Crippen molar-refractivity contribution in [3.05, 3.63) is 29.8 Å². The SMILES string of the molecule is CCCCSNc1cccc(C(=O)CCN)c1. The van der Waals surface area contributed by atoms with E-state index in [1.54, 1.807) is 11.9 Å². The minimum Gasteiger partial charge on any atom is -0.330 e. The summed E-state index contributed by atoms with van der Waals surface area (Å²) in [5.74, 6) is 1.19. The van der Waals surface area contributed by atoms with Crippen molar-refractivity contribution in [2.24, 2.45) is 5.73 Å². The molecule has 0 fully saturated rings. The molecule has 0 atom stereocenters. The molecule has 0 aliphatic heterocycles. The van der Waals surface area contributed by atoms with Crippen molar-refractivity contribution in [3.8, 4) is 0 Å². The molecule has 1 rings (SSSR count). The Morgan fingerprint density at radius 1 is 1.47 bits per heavy atom. The maximum atomic E-state index is 11.7. The van der Waals surface area contributed by atoms with E-state index in [1.165, 1.54) is 12.8 Å². The molecule has 0 aliphatic carbocycles. The van der Waals surface area contributed by atoms with Crippen molar-refractivity contribution < 1.29 is 4.79 Å². The maximum absolute atomic E-state index is 11.7. The molecule has 0 unspecified atom stereocenters. The van der Waals surface area contributed by atoms with E-state index in [0.717, 1.165) is 17.0 Å². The summed E-state index contributed by atoms with van der Waals surface area (Å²) in [6.07, 6.45) is 2.81. The quantitative estimate of drug-likeness (QED) is 0.424. The molecular weight excluding hydrogens is 232 g/mol. The van der Waals surface area contributed by atoms with Crippen LogP contribution in [0, 0.1) is 0 Å². The smallest absolute Gasteiger partial charge is 0.164 e. The number of hydrogen-bond donors (Lipinski definition) is 2. The molecule has 94 valence electrons. The van der Waals surface area contributed by atoms with Crippen molar-refractivity contribution in [3.63, 3.8) is 0 Å². The van der Waals surface area contributed by atoms with Gasteiger partial charge >= 0.3 is 0 Å². The van der Waals surface area contributed by atoms with Gasteiger partial charge in [-0.15, -0.1) is 0 Å². The molecule has 0 spiro atoms. The normalized spacial score (nSPS) is 10.2. The summed E-state index contributed by atoms with van der Waals surface area (Å²) >= 11 is 1.68. The molecular formula is C13H20N2OS. The number of carbonyl (C=O) groups excluding carboxylic acids is 1. The molecule has 1 aromatic rings. The van der Waals surface area contributed by atoms with Crippen LogP contribution in [-0.4, -0.2) is 18.1 Å². The van der Waals surface area contributed by atoms with E-state index in [2.05, 4.69) is 11.6 Å². The molecule has 3 N–H and O–H groups in total. The number of nitrogens with two attached hydrogens (primary N) is 1. The van der Waals surface area contributed by atoms with Gasteiger partial charge in [0.05, 0.1) is 0 Å². The molecule has 0 heterocycles. The van der Waals surface area contributed by atoms with Gasteiger partial charge in [0.1, 0.15) is 0 Å². The molecule has 1 aromatic carbocycles. The van der Waals surface area contributed by atoms with Crippen LogP contribution in [0.4, 0.5) is 5.69 Å². The topological polar surface area (TPSA) is 55.1 Å². The third-order valence-corrected chi connectivity index (χ3v) is 3.22. The molecule has 3 nitrogen and oxygen atoms in total. The van der Waals surface area contributed by atoms with Crippen LogP contribution in [0.15, 0.2) is 24.3 Å². The Hall–Kier alpha value is -1.00. The van der Waals surface area contributed by atoms with Crippen molar-refractivity contribution >= 4 is 23.4 Å². The third kappa shape index (κ3) is 5.24. The number of carbonyl (C=O) groups is 1. The third-order valence-electron chi connectivity index (χ3n) is 2.35. The standard InChI is InChI=1S/C13H20N2OS/c1-2-3-9-17-15-12-6-4-5-11(10-12)13(16)7-8-14/h4-6,10,15H,2-3,7-9,14H2,1H3. The highest BCUT2D eigenvalue weighted by Crippen LogP contribution is 2.16. The molecule has 0 radical (unpaired) electrons. The Balaban J connectivity index is 2.50. The molecule has 0 aromatic heterocycles. The molecule has 17 heavy (non-hydrogen) atoms. The summed E-state index contributed by atoms with van der Waals surface area (Å²) in [6.45, 7) is 2.58. The first kappa shape index (κ1) is 14.1. The largest absolute Gasteiger partial charge is 0.330 e. The van der Waals surface area contributed by atoms with Crippen LogP contribution in [0.25, 0.3) is 0 Å². The fraction of sp³-hybridized carbons (Fsp3) is 0.462. The zero-order valence-corrected chi connectivity index (χ0v) is 11.1. The molecule has 0 saturated heterocycles. The average Bonchev–Trinajstić information content (AvgIpc) is 2.35. The van der Waals surface area contributed by atoms with E-state index < -0.39 is 0 Å². The average molecular weight is 252 g/mol. The molecule has 4 heteroatoms. The van der Waals surface area contributed by atoms with Gasteiger partial charge in [0.25, 0.3) is 0 Å². The predicted octanol–water partition coefficient (Wildman–Crippen LogP) is 3.08. The van der Waals surface area contributed by atoms with Crippen molar-refractivity contribution in [2.45, 2.75) is 26.2 Å². The number of nitrogens with one attached hydrogen (secondary N) is 1. The second-order valence-corrected chi connectivity index (χ2v) is 4.75. The van der Waals surface area contributed by atoms with Crippen LogP contribution in [0.1, 0.15) is 36.5 Å².